The molecule has 1 unspecified atom stereocenters. The molecule has 0 aliphatic rings. The molecule has 0 aromatic heterocycles. The number of rotatable bonds is 6. The zero-order chi connectivity index (χ0) is 16.2. The van der Waals surface area contributed by atoms with Crippen LogP contribution in [0.2, 0.25) is 0 Å². The van der Waals surface area contributed by atoms with Crippen LogP contribution in [0.3, 0.4) is 0 Å². The summed E-state index contributed by atoms with van der Waals surface area (Å²) in [5.41, 5.74) is 5.38. The van der Waals surface area contributed by atoms with Crippen LogP contribution in [0.4, 0.5) is 5.69 Å². The van der Waals surface area contributed by atoms with E-state index in [-0.39, 0.29) is 17.0 Å². The third-order valence-electron chi connectivity index (χ3n) is 2.83. The molecule has 0 heterocycles. The molecule has 0 bridgehead atoms. The number of nitrogens with two attached hydrogens (primary N) is 1. The van der Waals surface area contributed by atoms with Gasteiger partial charge in [0.05, 0.1) is 30.8 Å². The van der Waals surface area contributed by atoms with Crippen molar-refractivity contribution in [1.29, 1.82) is 0 Å². The van der Waals surface area contributed by atoms with Gasteiger partial charge in [0.2, 0.25) is 0 Å². The van der Waals surface area contributed by atoms with E-state index in [0.29, 0.717) is 5.75 Å². The highest BCUT2D eigenvalue weighted by Gasteiger charge is 2.26. The van der Waals surface area contributed by atoms with Crippen LogP contribution in [0.5, 0.6) is 11.5 Å². The van der Waals surface area contributed by atoms with Crippen LogP contribution in [0.15, 0.2) is 12.1 Å². The van der Waals surface area contributed by atoms with Crippen LogP contribution in [0, 0.1) is 10.1 Å². The lowest BCUT2D eigenvalue weighted by molar-refractivity contribution is -0.386. The summed E-state index contributed by atoms with van der Waals surface area (Å²) in [6.45, 7) is 2.99. The first kappa shape index (κ1) is 16.7. The quantitative estimate of drug-likeness (QED) is 0.481. The molecule has 0 saturated heterocycles. The molecular weight excluding hydrogens is 280 g/mol. The van der Waals surface area contributed by atoms with Gasteiger partial charge >= 0.3 is 5.97 Å². The Morgan fingerprint density at radius 3 is 2.19 bits per heavy atom. The van der Waals surface area contributed by atoms with Gasteiger partial charge in [-0.05, 0) is 19.9 Å². The highest BCUT2D eigenvalue weighted by Crippen LogP contribution is 2.38. The summed E-state index contributed by atoms with van der Waals surface area (Å²) in [5, 5.41) is 11.2. The molecule has 0 saturated carbocycles. The largest absolute Gasteiger partial charge is 0.493 e. The summed E-state index contributed by atoms with van der Waals surface area (Å²) in [6.07, 6.45) is -0.844. The maximum Gasteiger partial charge on any atom is 0.323 e. The molecule has 0 radical (unpaired) electrons. The van der Waals surface area contributed by atoms with Crippen molar-refractivity contribution in [2.75, 3.05) is 14.2 Å². The summed E-state index contributed by atoms with van der Waals surface area (Å²) < 4.78 is 15.2. The van der Waals surface area contributed by atoms with Crippen molar-refractivity contribution in [3.63, 3.8) is 0 Å². The minimum Gasteiger partial charge on any atom is -0.493 e. The lowest BCUT2D eigenvalue weighted by Crippen LogP contribution is -2.29. The van der Waals surface area contributed by atoms with Crippen LogP contribution < -0.4 is 15.2 Å². The lowest BCUT2D eigenvalue weighted by Gasteiger charge is -2.17. The Morgan fingerprint density at radius 1 is 1.24 bits per heavy atom. The smallest absolute Gasteiger partial charge is 0.323 e. The van der Waals surface area contributed by atoms with E-state index in [9.17, 15) is 14.9 Å². The molecule has 0 aliphatic carbocycles. The zero-order valence-corrected chi connectivity index (χ0v) is 12.3. The average Bonchev–Trinajstić information content (AvgIpc) is 2.45. The molecule has 2 atom stereocenters. The van der Waals surface area contributed by atoms with Gasteiger partial charge in [0.1, 0.15) is 12.1 Å². The van der Waals surface area contributed by atoms with Crippen molar-refractivity contribution >= 4 is 11.7 Å². The molecule has 1 aromatic rings. The van der Waals surface area contributed by atoms with E-state index < -0.39 is 23.0 Å². The fraction of sp³-hybridized carbons (Fsp3) is 0.462. The van der Waals surface area contributed by atoms with E-state index >= 15 is 0 Å². The lowest BCUT2D eigenvalue weighted by atomic mass is 10.1. The monoisotopic (exact) mass is 298 g/mol. The second-order valence-electron chi connectivity index (χ2n) is 4.39. The third-order valence-corrected chi connectivity index (χ3v) is 2.83. The van der Waals surface area contributed by atoms with Crippen molar-refractivity contribution in [2.45, 2.75) is 26.0 Å². The summed E-state index contributed by atoms with van der Waals surface area (Å²) in [7, 11) is 2.78. The molecule has 0 amide bonds. The maximum atomic E-state index is 11.5. The summed E-state index contributed by atoms with van der Waals surface area (Å²) in [6, 6.07) is 1.83. The number of esters is 1. The van der Waals surface area contributed by atoms with Gasteiger partial charge in [-0.3, -0.25) is 14.9 Å². The van der Waals surface area contributed by atoms with E-state index in [1.165, 1.54) is 40.2 Å². The first-order valence-corrected chi connectivity index (χ1v) is 6.18. The number of hydrogen-bond acceptors (Lipinski definition) is 7. The maximum absolute atomic E-state index is 11.5. The van der Waals surface area contributed by atoms with E-state index in [1.807, 2.05) is 0 Å². The van der Waals surface area contributed by atoms with Gasteiger partial charge in [-0.15, -0.1) is 0 Å². The minimum atomic E-state index is -0.844. The molecule has 8 nitrogen and oxygen atoms in total. The van der Waals surface area contributed by atoms with Crippen LogP contribution >= 0.6 is 0 Å². The molecule has 21 heavy (non-hydrogen) atoms. The number of benzene rings is 1. The number of ether oxygens (including phenoxy) is 3. The molecular formula is C13H18N2O6. The van der Waals surface area contributed by atoms with Crippen molar-refractivity contribution < 1.29 is 23.9 Å². The standard InChI is InChI=1S/C13H18N2O6/c1-7(14)13(16)21-8(2)9-5-11(19-3)12(20-4)6-10(9)15(17)18/h5-8H,14H2,1-4H3/t7-,8?/m0/s1. The Hall–Kier alpha value is -2.35. The third kappa shape index (κ3) is 3.82. The summed E-state index contributed by atoms with van der Waals surface area (Å²) in [5.74, 6) is -0.118. The molecule has 0 fully saturated rings. The van der Waals surface area contributed by atoms with E-state index in [2.05, 4.69) is 0 Å². The van der Waals surface area contributed by atoms with Crippen LogP contribution in [0.25, 0.3) is 0 Å². The average molecular weight is 298 g/mol. The molecule has 2 N–H and O–H groups in total. The number of nitro groups is 1. The predicted molar refractivity (Wildman–Crippen MR) is 74.4 cm³/mol. The number of carbonyl (C=O) groups is 1. The summed E-state index contributed by atoms with van der Waals surface area (Å²) in [4.78, 5) is 22.1. The van der Waals surface area contributed by atoms with Crippen LogP contribution in [0.1, 0.15) is 25.5 Å². The molecule has 1 aromatic carbocycles. The Kier molecular flexibility index (Phi) is 5.48. The van der Waals surface area contributed by atoms with E-state index in [0.717, 1.165) is 0 Å². The van der Waals surface area contributed by atoms with Crippen molar-refractivity contribution in [3.8, 4) is 11.5 Å². The number of methoxy groups -OCH3 is 2. The normalized spacial score (nSPS) is 13.2. The Morgan fingerprint density at radius 2 is 1.76 bits per heavy atom. The number of hydrogen-bond donors (Lipinski definition) is 1. The van der Waals surface area contributed by atoms with Crippen LogP contribution in [-0.2, 0) is 9.53 Å². The van der Waals surface area contributed by atoms with Crippen LogP contribution in [-0.4, -0.2) is 31.2 Å². The summed E-state index contributed by atoms with van der Waals surface area (Å²) >= 11 is 0. The van der Waals surface area contributed by atoms with Crippen molar-refractivity contribution in [2.24, 2.45) is 5.73 Å². The molecule has 116 valence electrons. The Labute approximate surface area is 121 Å². The van der Waals surface area contributed by atoms with E-state index in [1.54, 1.807) is 0 Å². The Bertz CT molecular complexity index is 544. The second-order valence-corrected chi connectivity index (χ2v) is 4.39. The predicted octanol–water partition coefficient (Wildman–Crippen LogP) is 1.56. The number of nitrogens with zero attached hydrogens (tertiary/aromatic N) is 1. The molecule has 1 rings (SSSR count). The van der Waals surface area contributed by atoms with Gasteiger partial charge in [0.15, 0.2) is 11.5 Å². The highest BCUT2D eigenvalue weighted by molar-refractivity contribution is 5.75. The molecule has 0 aliphatic heterocycles. The second kappa shape index (κ2) is 6.89. The first-order valence-electron chi connectivity index (χ1n) is 6.18. The van der Waals surface area contributed by atoms with Crippen molar-refractivity contribution in [1.82, 2.24) is 0 Å². The van der Waals surface area contributed by atoms with Crippen molar-refractivity contribution in [3.05, 3.63) is 27.8 Å². The first-order chi connectivity index (χ1) is 9.81. The van der Waals surface area contributed by atoms with Gasteiger partial charge in [-0.25, -0.2) is 0 Å². The molecule has 0 spiro atoms. The Balaban J connectivity index is 3.26. The van der Waals surface area contributed by atoms with Gasteiger partial charge in [-0.1, -0.05) is 0 Å². The van der Waals surface area contributed by atoms with Gasteiger partial charge in [-0.2, -0.15) is 0 Å². The molecule has 8 heteroatoms. The SMILES string of the molecule is COc1cc(C(C)OC(=O)[C@H](C)N)c([N+](=O)[O-])cc1OC. The topological polar surface area (TPSA) is 114 Å². The minimum absolute atomic E-state index is 0.201. The van der Waals surface area contributed by atoms with Gasteiger partial charge < -0.3 is 19.9 Å². The zero-order valence-electron chi connectivity index (χ0n) is 12.3. The fourth-order valence-corrected chi connectivity index (χ4v) is 1.71. The number of nitro benzene ring substituents is 1. The van der Waals surface area contributed by atoms with E-state index in [4.69, 9.17) is 19.9 Å². The van der Waals surface area contributed by atoms with Gasteiger partial charge in [0.25, 0.3) is 5.69 Å². The number of carbonyl (C=O) groups excluding carboxylic acids is 1. The van der Waals surface area contributed by atoms with Gasteiger partial charge in [0, 0.05) is 0 Å². The highest BCUT2D eigenvalue weighted by atomic mass is 16.6. The fourth-order valence-electron chi connectivity index (χ4n) is 1.71.